The van der Waals surface area contributed by atoms with Gasteiger partial charge in [-0.1, -0.05) is 0 Å². The number of carbonyl (C=O) groups excluding carboxylic acids is 1. The number of hydrogen-bond donors (Lipinski definition) is 1. The summed E-state index contributed by atoms with van der Waals surface area (Å²) < 4.78 is 26.0. The Morgan fingerprint density at radius 2 is 1.90 bits per heavy atom. The van der Waals surface area contributed by atoms with Gasteiger partial charge in [-0.15, -0.1) is 0 Å². The van der Waals surface area contributed by atoms with Crippen molar-refractivity contribution in [1.29, 1.82) is 0 Å². The number of pyridine rings is 1. The van der Waals surface area contributed by atoms with Gasteiger partial charge in [-0.05, 0) is 67.9 Å². The van der Waals surface area contributed by atoms with Crippen LogP contribution < -0.4 is 14.8 Å². The van der Waals surface area contributed by atoms with Gasteiger partial charge in [0.1, 0.15) is 23.4 Å². The highest BCUT2D eigenvalue weighted by atomic mass is 19.1. The molecule has 1 aliphatic rings. The van der Waals surface area contributed by atoms with Crippen molar-refractivity contribution in [1.82, 2.24) is 10.3 Å². The lowest BCUT2D eigenvalue weighted by Gasteiger charge is -2.14. The molecule has 3 aromatic rings. The minimum Gasteiger partial charge on any atom is -0.491 e. The van der Waals surface area contributed by atoms with Crippen molar-refractivity contribution in [2.75, 3.05) is 6.54 Å². The molecule has 1 atom stereocenters. The first-order valence-corrected chi connectivity index (χ1v) is 9.94. The van der Waals surface area contributed by atoms with Crippen molar-refractivity contribution >= 4 is 5.91 Å². The molecule has 30 heavy (non-hydrogen) atoms. The topological polar surface area (TPSA) is 60.5 Å². The maximum atomic E-state index is 14.4. The summed E-state index contributed by atoms with van der Waals surface area (Å²) in [6, 6.07) is 13.9. The number of nitrogens with zero attached hydrogens (tertiary/aromatic N) is 1. The molecule has 0 spiro atoms. The molecule has 1 amide bonds. The van der Waals surface area contributed by atoms with E-state index in [1.165, 1.54) is 6.07 Å². The summed E-state index contributed by atoms with van der Waals surface area (Å²) in [7, 11) is 0. The highest BCUT2D eigenvalue weighted by Crippen LogP contribution is 2.40. The number of benzene rings is 2. The molecule has 5 nitrogen and oxygen atoms in total. The van der Waals surface area contributed by atoms with Crippen molar-refractivity contribution in [3.05, 3.63) is 77.9 Å². The van der Waals surface area contributed by atoms with E-state index in [9.17, 15) is 9.18 Å². The second-order valence-corrected chi connectivity index (χ2v) is 7.48. The van der Waals surface area contributed by atoms with Gasteiger partial charge in [-0.2, -0.15) is 0 Å². The number of fused-ring (bicyclic) bond motifs is 1. The Bertz CT molecular complexity index is 1040. The van der Waals surface area contributed by atoms with Crippen molar-refractivity contribution < 1.29 is 18.7 Å². The van der Waals surface area contributed by atoms with E-state index < -0.39 is 0 Å². The number of carbonyl (C=O) groups is 1. The third-order valence-corrected chi connectivity index (χ3v) is 4.89. The van der Waals surface area contributed by atoms with Gasteiger partial charge in [-0.3, -0.25) is 9.78 Å². The van der Waals surface area contributed by atoms with Crippen LogP contribution in [-0.2, 0) is 6.42 Å². The van der Waals surface area contributed by atoms with Gasteiger partial charge in [0.2, 0.25) is 0 Å². The Labute approximate surface area is 174 Å². The first kappa shape index (κ1) is 19.9. The molecule has 0 saturated heterocycles. The molecule has 6 heteroatoms. The molecule has 0 unspecified atom stereocenters. The van der Waals surface area contributed by atoms with E-state index >= 15 is 0 Å². The number of amides is 1. The lowest BCUT2D eigenvalue weighted by molar-refractivity contribution is 0.0933. The summed E-state index contributed by atoms with van der Waals surface area (Å²) in [6.45, 7) is 4.18. The Balaban J connectivity index is 1.42. The fourth-order valence-corrected chi connectivity index (χ4v) is 3.50. The molecule has 1 N–H and O–H groups in total. The van der Waals surface area contributed by atoms with E-state index in [1.54, 1.807) is 42.7 Å². The zero-order chi connectivity index (χ0) is 21.1. The monoisotopic (exact) mass is 406 g/mol. The van der Waals surface area contributed by atoms with Gasteiger partial charge >= 0.3 is 0 Å². The maximum Gasteiger partial charge on any atom is 0.251 e. The second kappa shape index (κ2) is 8.53. The predicted molar refractivity (Wildman–Crippen MR) is 112 cm³/mol. The third kappa shape index (κ3) is 4.27. The molecular formula is C24H23FN2O3. The Kier molecular flexibility index (Phi) is 5.65. The summed E-state index contributed by atoms with van der Waals surface area (Å²) in [5, 5.41) is 2.88. The third-order valence-electron chi connectivity index (χ3n) is 4.89. The summed E-state index contributed by atoms with van der Waals surface area (Å²) in [4.78, 5) is 16.5. The molecule has 2 heterocycles. The fourth-order valence-electron chi connectivity index (χ4n) is 3.50. The number of hydrogen-bond acceptors (Lipinski definition) is 4. The number of ether oxygens (including phenoxy) is 2. The Morgan fingerprint density at radius 3 is 2.60 bits per heavy atom. The van der Waals surface area contributed by atoms with Crippen LogP contribution in [0, 0.1) is 5.82 Å². The van der Waals surface area contributed by atoms with E-state index in [4.69, 9.17) is 9.47 Å². The van der Waals surface area contributed by atoms with E-state index in [0.717, 1.165) is 16.9 Å². The zero-order valence-electron chi connectivity index (χ0n) is 16.9. The smallest absolute Gasteiger partial charge is 0.251 e. The molecule has 0 bridgehead atoms. The summed E-state index contributed by atoms with van der Waals surface area (Å²) >= 11 is 0. The quantitative estimate of drug-likeness (QED) is 0.659. The molecule has 1 aromatic heterocycles. The largest absolute Gasteiger partial charge is 0.491 e. The van der Waals surface area contributed by atoms with E-state index in [-0.39, 0.29) is 30.5 Å². The number of rotatable bonds is 6. The van der Waals surface area contributed by atoms with Crippen LogP contribution in [0.5, 0.6) is 11.5 Å². The molecule has 2 aromatic carbocycles. The lowest BCUT2D eigenvalue weighted by atomic mass is 10.0. The number of nitrogens with one attached hydrogen (secondary N) is 1. The summed E-state index contributed by atoms with van der Waals surface area (Å²) in [5.74, 6) is 0.753. The van der Waals surface area contributed by atoms with Crippen LogP contribution in [0.25, 0.3) is 11.1 Å². The highest BCUT2D eigenvalue weighted by Gasteiger charge is 2.29. The van der Waals surface area contributed by atoms with Crippen LogP contribution in [0.3, 0.4) is 0 Å². The molecule has 4 rings (SSSR count). The zero-order valence-corrected chi connectivity index (χ0v) is 16.9. The van der Waals surface area contributed by atoms with E-state index in [0.29, 0.717) is 23.3 Å². The average molecular weight is 406 g/mol. The average Bonchev–Trinajstić information content (AvgIpc) is 3.18. The van der Waals surface area contributed by atoms with Crippen molar-refractivity contribution in [3.63, 3.8) is 0 Å². The molecule has 154 valence electrons. The maximum absolute atomic E-state index is 14.4. The lowest BCUT2D eigenvalue weighted by Crippen LogP contribution is -2.34. The Morgan fingerprint density at radius 1 is 1.17 bits per heavy atom. The van der Waals surface area contributed by atoms with Crippen molar-refractivity contribution in [2.45, 2.75) is 32.5 Å². The van der Waals surface area contributed by atoms with Gasteiger partial charge in [0.05, 0.1) is 12.6 Å². The number of aromatic nitrogens is 1. The van der Waals surface area contributed by atoms with E-state index in [2.05, 4.69) is 10.3 Å². The highest BCUT2D eigenvalue weighted by molar-refractivity contribution is 5.94. The van der Waals surface area contributed by atoms with Crippen LogP contribution in [-0.4, -0.2) is 29.6 Å². The van der Waals surface area contributed by atoms with Gasteiger partial charge in [0.25, 0.3) is 5.91 Å². The summed E-state index contributed by atoms with van der Waals surface area (Å²) in [6.07, 6.45) is 3.53. The SMILES string of the molecule is CC(C)Oc1ccc(C(=O)NC[C@@H]2Cc3c(F)ccc(-c4ccncc4)c3O2)cc1. The van der Waals surface area contributed by atoms with Crippen LogP contribution in [0.2, 0.25) is 0 Å². The van der Waals surface area contributed by atoms with Gasteiger partial charge in [-0.25, -0.2) is 4.39 Å². The van der Waals surface area contributed by atoms with Crippen molar-refractivity contribution in [2.24, 2.45) is 0 Å². The van der Waals surface area contributed by atoms with Crippen LogP contribution >= 0.6 is 0 Å². The fraction of sp³-hybridized carbons (Fsp3) is 0.250. The standard InChI is InChI=1S/C24H23FN2O3/c1-15(2)29-18-5-3-17(4-6-18)24(28)27-14-19-13-21-22(25)8-7-20(23(21)30-19)16-9-11-26-12-10-16/h3-12,15,19H,13-14H2,1-2H3,(H,27,28)/t19-/m0/s1. The van der Waals surface area contributed by atoms with Gasteiger partial charge < -0.3 is 14.8 Å². The summed E-state index contributed by atoms with van der Waals surface area (Å²) in [5.41, 5.74) is 2.81. The molecule has 0 aliphatic carbocycles. The van der Waals surface area contributed by atoms with Crippen LogP contribution in [0.4, 0.5) is 4.39 Å². The van der Waals surface area contributed by atoms with Crippen LogP contribution in [0.1, 0.15) is 29.8 Å². The molecule has 0 saturated carbocycles. The normalized spacial score (nSPS) is 14.9. The first-order valence-electron chi connectivity index (χ1n) is 9.94. The second-order valence-electron chi connectivity index (χ2n) is 7.48. The number of halogens is 1. The van der Waals surface area contributed by atoms with Gasteiger partial charge in [0, 0.05) is 35.5 Å². The molecule has 0 radical (unpaired) electrons. The molecular weight excluding hydrogens is 383 g/mol. The first-order chi connectivity index (χ1) is 14.5. The van der Waals surface area contributed by atoms with Crippen LogP contribution in [0.15, 0.2) is 60.9 Å². The Hall–Kier alpha value is -3.41. The van der Waals surface area contributed by atoms with Crippen molar-refractivity contribution in [3.8, 4) is 22.6 Å². The molecule has 0 fully saturated rings. The van der Waals surface area contributed by atoms with Gasteiger partial charge in [0.15, 0.2) is 0 Å². The molecule has 1 aliphatic heterocycles. The minimum atomic E-state index is -0.329. The van der Waals surface area contributed by atoms with E-state index in [1.807, 2.05) is 26.0 Å². The predicted octanol–water partition coefficient (Wildman–Crippen LogP) is 4.41. The minimum absolute atomic E-state index is 0.0725.